The second kappa shape index (κ2) is 9.82. The van der Waals surface area contributed by atoms with Crippen LogP contribution in [-0.4, -0.2) is 32.9 Å². The van der Waals surface area contributed by atoms with Gasteiger partial charge in [-0.25, -0.2) is 4.98 Å². The van der Waals surface area contributed by atoms with E-state index in [-0.39, 0.29) is 30.9 Å². The van der Waals surface area contributed by atoms with Crippen molar-refractivity contribution in [2.75, 3.05) is 5.32 Å². The molecule has 3 rings (SSSR count). The van der Waals surface area contributed by atoms with Crippen molar-refractivity contribution >= 4 is 23.7 Å². The molecule has 1 aromatic heterocycles. The monoisotopic (exact) mass is 412 g/mol. The number of carbonyl (C=O) groups is 3. The molecule has 0 bridgehead atoms. The minimum absolute atomic E-state index is 0.142. The van der Waals surface area contributed by atoms with Gasteiger partial charge in [0.05, 0.1) is 6.42 Å². The second-order valence-corrected chi connectivity index (χ2v) is 7.33. The number of aliphatic carboxylic acids is 1. The summed E-state index contributed by atoms with van der Waals surface area (Å²) < 4.78 is 0. The number of aromatic amines is 1. The van der Waals surface area contributed by atoms with Crippen LogP contribution in [0.4, 0.5) is 5.95 Å². The number of carboxylic acid groups (broad SMARTS) is 1. The molecule has 1 aromatic carbocycles. The summed E-state index contributed by atoms with van der Waals surface area (Å²) in [4.78, 5) is 52.8. The molecule has 9 nitrogen and oxygen atoms in total. The first-order valence-corrected chi connectivity index (χ1v) is 9.90. The summed E-state index contributed by atoms with van der Waals surface area (Å²) in [6, 6.07) is 8.11. The van der Waals surface area contributed by atoms with Crippen LogP contribution in [0.15, 0.2) is 35.3 Å². The van der Waals surface area contributed by atoms with Crippen LogP contribution < -0.4 is 16.2 Å². The summed E-state index contributed by atoms with van der Waals surface area (Å²) >= 11 is 0. The Balaban J connectivity index is 1.58. The van der Waals surface area contributed by atoms with Crippen LogP contribution in [0.2, 0.25) is 0 Å². The summed E-state index contributed by atoms with van der Waals surface area (Å²) in [7, 11) is 0. The van der Waals surface area contributed by atoms with E-state index in [9.17, 15) is 19.2 Å². The minimum Gasteiger partial charge on any atom is -0.481 e. The number of nitrogens with zero attached hydrogens (tertiary/aromatic N) is 1. The second-order valence-electron chi connectivity index (χ2n) is 7.33. The summed E-state index contributed by atoms with van der Waals surface area (Å²) in [5, 5.41) is 13.6. The van der Waals surface area contributed by atoms with Crippen molar-refractivity contribution in [2.24, 2.45) is 0 Å². The first kappa shape index (κ1) is 21.2. The Morgan fingerprint density at radius 2 is 1.93 bits per heavy atom. The third-order valence-corrected chi connectivity index (χ3v) is 5.10. The Kier molecular flexibility index (Phi) is 6.95. The first-order chi connectivity index (χ1) is 14.4. The van der Waals surface area contributed by atoms with Crippen LogP contribution in [0, 0.1) is 0 Å². The molecule has 2 amide bonds. The molecule has 158 valence electrons. The number of hydrogen-bond acceptors (Lipinski definition) is 5. The molecule has 9 heteroatoms. The van der Waals surface area contributed by atoms with Gasteiger partial charge in [-0.1, -0.05) is 37.1 Å². The molecular formula is C21H24N4O5. The highest BCUT2D eigenvalue weighted by molar-refractivity contribution is 5.94. The van der Waals surface area contributed by atoms with Gasteiger partial charge in [0.1, 0.15) is 5.56 Å². The van der Waals surface area contributed by atoms with Gasteiger partial charge < -0.3 is 10.4 Å². The summed E-state index contributed by atoms with van der Waals surface area (Å²) in [5.41, 5.74) is 1.36. The molecule has 1 fully saturated rings. The third kappa shape index (κ3) is 5.76. The lowest BCUT2D eigenvalue weighted by molar-refractivity contribution is -0.138. The maximum atomic E-state index is 12.4. The van der Waals surface area contributed by atoms with Crippen molar-refractivity contribution < 1.29 is 19.5 Å². The molecule has 2 aromatic rings. The van der Waals surface area contributed by atoms with Crippen molar-refractivity contribution in [3.05, 3.63) is 57.5 Å². The van der Waals surface area contributed by atoms with E-state index >= 15 is 0 Å². The van der Waals surface area contributed by atoms with E-state index in [4.69, 9.17) is 5.11 Å². The Labute approximate surface area is 172 Å². The van der Waals surface area contributed by atoms with E-state index < -0.39 is 23.3 Å². The highest BCUT2D eigenvalue weighted by Gasteiger charge is 2.17. The van der Waals surface area contributed by atoms with E-state index in [0.717, 1.165) is 11.8 Å². The lowest BCUT2D eigenvalue weighted by Gasteiger charge is -2.12. The number of amides is 2. The molecule has 0 unspecified atom stereocenters. The Bertz CT molecular complexity index is 995. The Hall–Kier alpha value is -3.49. The average molecular weight is 412 g/mol. The number of hydrogen-bond donors (Lipinski definition) is 4. The number of benzene rings is 1. The average Bonchev–Trinajstić information content (AvgIpc) is 3.26. The Morgan fingerprint density at radius 3 is 2.63 bits per heavy atom. The van der Waals surface area contributed by atoms with Gasteiger partial charge in [-0.05, 0) is 29.9 Å². The van der Waals surface area contributed by atoms with Gasteiger partial charge in [-0.3, -0.25) is 29.5 Å². The van der Waals surface area contributed by atoms with Crippen molar-refractivity contribution in [1.82, 2.24) is 15.3 Å². The SMILES string of the molecule is O=C(O)CCC(=O)Nc1ncc(C(=O)NCc2cccc(C3CCCC3)c2)c(=O)[nH]1. The van der Waals surface area contributed by atoms with Crippen LogP contribution in [-0.2, 0) is 16.1 Å². The molecule has 1 aliphatic rings. The molecule has 0 aliphatic heterocycles. The number of carbonyl (C=O) groups excluding carboxylic acids is 2. The summed E-state index contributed by atoms with van der Waals surface area (Å²) in [5.74, 6) is -1.84. The van der Waals surface area contributed by atoms with Crippen LogP contribution in [0.25, 0.3) is 0 Å². The minimum atomic E-state index is -1.10. The van der Waals surface area contributed by atoms with Gasteiger partial charge in [0.25, 0.3) is 11.5 Å². The quantitative estimate of drug-likeness (QED) is 0.523. The highest BCUT2D eigenvalue weighted by Crippen LogP contribution is 2.34. The lowest BCUT2D eigenvalue weighted by Crippen LogP contribution is -2.30. The first-order valence-electron chi connectivity index (χ1n) is 9.90. The van der Waals surface area contributed by atoms with Crippen molar-refractivity contribution in [2.45, 2.75) is 51.0 Å². The fourth-order valence-corrected chi connectivity index (χ4v) is 3.53. The normalized spacial score (nSPS) is 13.7. The van der Waals surface area contributed by atoms with Crippen molar-refractivity contribution in [1.29, 1.82) is 0 Å². The smallest absolute Gasteiger partial charge is 0.303 e. The number of anilines is 1. The zero-order valence-electron chi connectivity index (χ0n) is 16.4. The van der Waals surface area contributed by atoms with Crippen molar-refractivity contribution in [3.8, 4) is 0 Å². The molecule has 4 N–H and O–H groups in total. The standard InChI is InChI=1S/C21H24N4O5/c26-17(8-9-18(27)28)24-21-23-12-16(20(30)25-21)19(29)22-11-13-4-3-7-15(10-13)14-5-1-2-6-14/h3-4,7,10,12,14H,1-2,5-6,8-9,11H2,(H,22,29)(H,27,28)(H2,23,24,25,26,30). The molecule has 0 spiro atoms. The zero-order valence-corrected chi connectivity index (χ0v) is 16.4. The largest absolute Gasteiger partial charge is 0.481 e. The number of rotatable bonds is 8. The predicted molar refractivity (Wildman–Crippen MR) is 109 cm³/mol. The third-order valence-electron chi connectivity index (χ3n) is 5.10. The van der Waals surface area contributed by atoms with Gasteiger partial charge in [0.15, 0.2) is 0 Å². The molecular weight excluding hydrogens is 388 g/mol. The number of nitrogens with one attached hydrogen (secondary N) is 3. The maximum Gasteiger partial charge on any atom is 0.303 e. The van der Waals surface area contributed by atoms with E-state index in [0.29, 0.717) is 5.92 Å². The van der Waals surface area contributed by atoms with Crippen LogP contribution in [0.5, 0.6) is 0 Å². The van der Waals surface area contributed by atoms with E-state index in [1.807, 2.05) is 12.1 Å². The molecule has 0 atom stereocenters. The number of H-pyrrole nitrogens is 1. The van der Waals surface area contributed by atoms with Gasteiger partial charge in [-0.2, -0.15) is 0 Å². The van der Waals surface area contributed by atoms with Gasteiger partial charge in [0.2, 0.25) is 11.9 Å². The fraction of sp³-hybridized carbons (Fsp3) is 0.381. The van der Waals surface area contributed by atoms with Crippen LogP contribution in [0.1, 0.15) is 65.9 Å². The molecule has 0 saturated heterocycles. The van der Waals surface area contributed by atoms with E-state index in [1.54, 1.807) is 0 Å². The van der Waals surface area contributed by atoms with Gasteiger partial charge in [0, 0.05) is 19.2 Å². The van der Waals surface area contributed by atoms with E-state index in [2.05, 4.69) is 32.7 Å². The molecule has 1 aliphatic carbocycles. The number of aromatic nitrogens is 2. The van der Waals surface area contributed by atoms with Crippen molar-refractivity contribution in [3.63, 3.8) is 0 Å². The van der Waals surface area contributed by atoms with Crippen LogP contribution in [0.3, 0.4) is 0 Å². The van der Waals surface area contributed by atoms with Crippen LogP contribution >= 0.6 is 0 Å². The van der Waals surface area contributed by atoms with Gasteiger partial charge in [-0.15, -0.1) is 0 Å². The Morgan fingerprint density at radius 1 is 1.17 bits per heavy atom. The maximum absolute atomic E-state index is 12.4. The van der Waals surface area contributed by atoms with E-state index in [1.165, 1.54) is 31.2 Å². The molecule has 1 heterocycles. The molecule has 1 saturated carbocycles. The number of carboxylic acids is 1. The lowest BCUT2D eigenvalue weighted by atomic mass is 9.96. The summed E-state index contributed by atoms with van der Waals surface area (Å²) in [6.07, 6.45) is 5.37. The topological polar surface area (TPSA) is 141 Å². The van der Waals surface area contributed by atoms with Gasteiger partial charge >= 0.3 is 5.97 Å². The zero-order chi connectivity index (χ0) is 21.5. The summed E-state index contributed by atoms with van der Waals surface area (Å²) in [6.45, 7) is 0.284. The molecule has 0 radical (unpaired) electrons. The molecule has 30 heavy (non-hydrogen) atoms. The predicted octanol–water partition coefficient (Wildman–Crippen LogP) is 2.16. The fourth-order valence-electron chi connectivity index (χ4n) is 3.53. The highest BCUT2D eigenvalue weighted by atomic mass is 16.4.